The van der Waals surface area contributed by atoms with Crippen LogP contribution in [0.25, 0.3) is 0 Å². The van der Waals surface area contributed by atoms with E-state index in [1.54, 1.807) is 10.9 Å². The van der Waals surface area contributed by atoms with E-state index in [0.29, 0.717) is 12.5 Å². The molecule has 2 rings (SSSR count). The van der Waals surface area contributed by atoms with Crippen molar-refractivity contribution in [3.8, 4) is 5.75 Å². The van der Waals surface area contributed by atoms with E-state index in [-0.39, 0.29) is 6.61 Å². The Hall–Kier alpha value is -1.33. The Labute approximate surface area is 127 Å². The van der Waals surface area contributed by atoms with Gasteiger partial charge in [-0.05, 0) is 33.5 Å². The van der Waals surface area contributed by atoms with Gasteiger partial charge in [-0.2, -0.15) is 5.10 Å². The number of aromatic nitrogens is 2. The fourth-order valence-corrected chi connectivity index (χ4v) is 2.31. The molecule has 0 bridgehead atoms. The molecule has 5 heteroatoms. The Morgan fingerprint density at radius 2 is 2.10 bits per heavy atom. The van der Waals surface area contributed by atoms with Crippen LogP contribution in [0.5, 0.6) is 5.75 Å². The topological polar surface area (TPSA) is 47.3 Å². The highest BCUT2D eigenvalue weighted by Gasteiger charge is 2.11. The zero-order chi connectivity index (χ0) is 14.5. The molecule has 1 aromatic heterocycles. The van der Waals surface area contributed by atoms with Crippen molar-refractivity contribution in [2.24, 2.45) is 0 Å². The van der Waals surface area contributed by atoms with Crippen LogP contribution in [0.3, 0.4) is 0 Å². The van der Waals surface area contributed by atoms with Crippen LogP contribution in [-0.2, 0) is 6.54 Å². The number of aliphatic hydroxyl groups is 1. The molecule has 1 N–H and O–H groups in total. The second kappa shape index (κ2) is 6.90. The van der Waals surface area contributed by atoms with Crippen LogP contribution in [0.1, 0.15) is 25.3 Å². The molecule has 0 aliphatic heterocycles. The van der Waals surface area contributed by atoms with Crippen molar-refractivity contribution < 1.29 is 9.84 Å². The maximum Gasteiger partial charge on any atom is 0.122 e. The largest absolute Gasteiger partial charge is 0.491 e. The van der Waals surface area contributed by atoms with Gasteiger partial charge in [-0.3, -0.25) is 4.68 Å². The van der Waals surface area contributed by atoms with E-state index in [9.17, 15) is 5.11 Å². The number of nitrogens with zero attached hydrogens (tertiary/aromatic N) is 2. The number of aliphatic hydroxyl groups excluding tert-OH is 1. The van der Waals surface area contributed by atoms with Crippen LogP contribution < -0.4 is 4.74 Å². The maximum atomic E-state index is 10.0. The molecule has 0 aliphatic carbocycles. The zero-order valence-corrected chi connectivity index (χ0v) is 13.2. The van der Waals surface area contributed by atoms with E-state index in [2.05, 4.69) is 40.9 Å². The molecule has 1 aromatic carbocycles. The average molecular weight is 339 g/mol. The third kappa shape index (κ3) is 4.08. The molecule has 4 nitrogen and oxygen atoms in total. The van der Waals surface area contributed by atoms with Crippen LogP contribution >= 0.6 is 15.9 Å². The number of hydrogen-bond donors (Lipinski definition) is 1. The summed E-state index contributed by atoms with van der Waals surface area (Å²) < 4.78 is 8.32. The molecule has 0 aliphatic rings. The van der Waals surface area contributed by atoms with E-state index >= 15 is 0 Å². The summed E-state index contributed by atoms with van der Waals surface area (Å²) in [5.74, 6) is 1.23. The molecule has 0 amide bonds. The molecular formula is C15H19BrN2O2. The Bertz CT molecular complexity index is 554. The van der Waals surface area contributed by atoms with Gasteiger partial charge in [-0.15, -0.1) is 0 Å². The van der Waals surface area contributed by atoms with Crippen molar-refractivity contribution in [3.05, 3.63) is 46.7 Å². The third-order valence-electron chi connectivity index (χ3n) is 2.97. The van der Waals surface area contributed by atoms with Crippen LogP contribution in [-0.4, -0.2) is 27.6 Å². The fourth-order valence-electron chi connectivity index (χ4n) is 1.98. The highest BCUT2D eigenvalue weighted by molar-refractivity contribution is 9.10. The van der Waals surface area contributed by atoms with Crippen molar-refractivity contribution in [2.45, 2.75) is 32.4 Å². The van der Waals surface area contributed by atoms with Crippen molar-refractivity contribution in [2.75, 3.05) is 6.61 Å². The minimum absolute atomic E-state index is 0.251. The Morgan fingerprint density at radius 1 is 1.35 bits per heavy atom. The minimum atomic E-state index is -0.595. The highest BCUT2D eigenvalue weighted by atomic mass is 79.9. The molecule has 0 saturated carbocycles. The van der Waals surface area contributed by atoms with E-state index in [0.717, 1.165) is 15.8 Å². The van der Waals surface area contributed by atoms with Crippen LogP contribution in [0, 0.1) is 0 Å². The molecule has 1 heterocycles. The Kier molecular flexibility index (Phi) is 5.20. The number of hydrogen-bond acceptors (Lipinski definition) is 3. The van der Waals surface area contributed by atoms with Gasteiger partial charge in [0.25, 0.3) is 0 Å². The van der Waals surface area contributed by atoms with Gasteiger partial charge in [-0.1, -0.05) is 32.0 Å². The fraction of sp³-hybridized carbons (Fsp3) is 0.400. The van der Waals surface area contributed by atoms with Gasteiger partial charge in [0.05, 0.1) is 17.2 Å². The quantitative estimate of drug-likeness (QED) is 0.879. The Balaban J connectivity index is 1.91. The molecule has 20 heavy (non-hydrogen) atoms. The van der Waals surface area contributed by atoms with Gasteiger partial charge >= 0.3 is 0 Å². The lowest BCUT2D eigenvalue weighted by Gasteiger charge is -2.16. The predicted molar refractivity (Wildman–Crippen MR) is 82.0 cm³/mol. The lowest BCUT2D eigenvalue weighted by atomic mass is 10.0. The molecule has 2 aromatic rings. The van der Waals surface area contributed by atoms with Gasteiger partial charge in [0.15, 0.2) is 0 Å². The number of halogens is 1. The van der Waals surface area contributed by atoms with Crippen LogP contribution in [0.2, 0.25) is 0 Å². The second-order valence-corrected chi connectivity index (χ2v) is 5.95. The smallest absolute Gasteiger partial charge is 0.122 e. The lowest BCUT2D eigenvalue weighted by molar-refractivity contribution is 0.0887. The highest BCUT2D eigenvalue weighted by Crippen LogP contribution is 2.25. The van der Waals surface area contributed by atoms with Crippen molar-refractivity contribution in [1.29, 1.82) is 0 Å². The van der Waals surface area contributed by atoms with Crippen molar-refractivity contribution >= 4 is 15.9 Å². The second-order valence-electron chi connectivity index (χ2n) is 5.04. The monoisotopic (exact) mass is 338 g/mol. The van der Waals surface area contributed by atoms with Crippen LogP contribution in [0.4, 0.5) is 0 Å². The van der Waals surface area contributed by atoms with E-state index in [1.807, 2.05) is 24.4 Å². The molecule has 0 fully saturated rings. The molecular weight excluding hydrogens is 320 g/mol. The van der Waals surface area contributed by atoms with Gasteiger partial charge in [0.2, 0.25) is 0 Å². The SMILES string of the molecule is CC(C)c1ccccc1OCC(O)Cn1cc(Br)cn1. The van der Waals surface area contributed by atoms with E-state index in [1.165, 1.54) is 0 Å². The summed E-state index contributed by atoms with van der Waals surface area (Å²) in [6.45, 7) is 4.91. The first-order valence-corrected chi connectivity index (χ1v) is 7.43. The van der Waals surface area contributed by atoms with Crippen molar-refractivity contribution in [1.82, 2.24) is 9.78 Å². The summed E-state index contributed by atoms with van der Waals surface area (Å²) >= 11 is 3.33. The summed E-state index contributed by atoms with van der Waals surface area (Å²) in [6.07, 6.45) is 2.93. The first-order valence-electron chi connectivity index (χ1n) is 6.64. The molecule has 1 unspecified atom stereocenters. The molecule has 0 spiro atoms. The van der Waals surface area contributed by atoms with Gasteiger partial charge in [-0.25, -0.2) is 0 Å². The summed E-state index contributed by atoms with van der Waals surface area (Å²) in [5.41, 5.74) is 1.15. The maximum absolute atomic E-state index is 10.0. The van der Waals surface area contributed by atoms with E-state index in [4.69, 9.17) is 4.74 Å². The zero-order valence-electron chi connectivity index (χ0n) is 11.7. The number of rotatable bonds is 6. The summed E-state index contributed by atoms with van der Waals surface area (Å²) in [7, 11) is 0. The average Bonchev–Trinajstić information content (AvgIpc) is 2.82. The summed E-state index contributed by atoms with van der Waals surface area (Å²) in [6, 6.07) is 7.93. The number of ether oxygens (including phenoxy) is 1. The van der Waals surface area contributed by atoms with Crippen molar-refractivity contribution in [3.63, 3.8) is 0 Å². The summed E-state index contributed by atoms with van der Waals surface area (Å²) in [4.78, 5) is 0. The first-order chi connectivity index (χ1) is 9.56. The first kappa shape index (κ1) is 15.1. The molecule has 108 valence electrons. The third-order valence-corrected chi connectivity index (χ3v) is 3.38. The Morgan fingerprint density at radius 3 is 2.75 bits per heavy atom. The molecule has 0 saturated heterocycles. The lowest BCUT2D eigenvalue weighted by Crippen LogP contribution is -2.24. The predicted octanol–water partition coefficient (Wildman–Crippen LogP) is 3.21. The van der Waals surface area contributed by atoms with Crippen LogP contribution in [0.15, 0.2) is 41.1 Å². The standard InChI is InChI=1S/C15H19BrN2O2/c1-11(2)14-5-3-4-6-15(14)20-10-13(19)9-18-8-12(16)7-17-18/h3-8,11,13,19H,9-10H2,1-2H3. The van der Waals surface area contributed by atoms with Gasteiger partial charge in [0, 0.05) is 6.20 Å². The number of benzene rings is 1. The van der Waals surface area contributed by atoms with E-state index < -0.39 is 6.10 Å². The number of para-hydroxylation sites is 1. The van der Waals surface area contributed by atoms with Gasteiger partial charge < -0.3 is 9.84 Å². The molecule has 0 radical (unpaired) electrons. The van der Waals surface area contributed by atoms with Gasteiger partial charge in [0.1, 0.15) is 18.5 Å². The molecule has 1 atom stereocenters. The minimum Gasteiger partial charge on any atom is -0.491 e. The summed E-state index contributed by atoms with van der Waals surface area (Å²) in [5, 5.41) is 14.1. The normalized spacial score (nSPS) is 12.7.